The molecule has 1 rings (SSSR count). The minimum Gasteiger partial charge on any atom is -0.378 e. The Morgan fingerprint density at radius 3 is 1.69 bits per heavy atom. The van der Waals surface area contributed by atoms with Crippen LogP contribution in [0.1, 0.15) is 6.42 Å². The summed E-state index contributed by atoms with van der Waals surface area (Å²) >= 11 is 0. The van der Waals surface area contributed by atoms with E-state index < -0.39 is 0 Å². The fourth-order valence-electron chi connectivity index (χ4n) is 1.20. The first-order valence-corrected chi connectivity index (χ1v) is 5.07. The highest BCUT2D eigenvalue weighted by atomic mass is 16.5. The van der Waals surface area contributed by atoms with E-state index in [-0.39, 0.29) is 0 Å². The Morgan fingerprint density at radius 2 is 1.15 bits per heavy atom. The standard InChI is InChI=1S/C9H20N2O2/c1-2-10-4-6-12-8-9-13-7-5-11-3-1/h10-11H,1-9H2. The summed E-state index contributed by atoms with van der Waals surface area (Å²) in [6, 6.07) is 0. The molecule has 0 radical (unpaired) electrons. The molecule has 0 amide bonds. The molecule has 0 aromatic heterocycles. The summed E-state index contributed by atoms with van der Waals surface area (Å²) in [5, 5.41) is 6.64. The molecule has 0 unspecified atom stereocenters. The quantitative estimate of drug-likeness (QED) is 0.543. The molecular formula is C9H20N2O2. The smallest absolute Gasteiger partial charge is 0.0701 e. The van der Waals surface area contributed by atoms with Gasteiger partial charge in [-0.1, -0.05) is 0 Å². The van der Waals surface area contributed by atoms with Gasteiger partial charge in [0.15, 0.2) is 0 Å². The molecule has 4 heteroatoms. The number of rotatable bonds is 0. The Labute approximate surface area is 80.0 Å². The van der Waals surface area contributed by atoms with E-state index in [9.17, 15) is 0 Å². The van der Waals surface area contributed by atoms with Crippen molar-refractivity contribution in [3.8, 4) is 0 Å². The van der Waals surface area contributed by atoms with Gasteiger partial charge < -0.3 is 20.1 Å². The highest BCUT2D eigenvalue weighted by Gasteiger charge is 1.93. The van der Waals surface area contributed by atoms with Crippen LogP contribution in [0.2, 0.25) is 0 Å². The molecule has 0 atom stereocenters. The van der Waals surface area contributed by atoms with Gasteiger partial charge in [-0.3, -0.25) is 0 Å². The third kappa shape index (κ3) is 6.95. The van der Waals surface area contributed by atoms with Crippen molar-refractivity contribution in [3.05, 3.63) is 0 Å². The maximum absolute atomic E-state index is 5.34. The Hall–Kier alpha value is -0.160. The second-order valence-electron chi connectivity index (χ2n) is 3.08. The van der Waals surface area contributed by atoms with E-state index in [1.807, 2.05) is 0 Å². The van der Waals surface area contributed by atoms with Crippen molar-refractivity contribution < 1.29 is 9.47 Å². The van der Waals surface area contributed by atoms with Crippen LogP contribution in [-0.2, 0) is 9.47 Å². The van der Waals surface area contributed by atoms with Gasteiger partial charge in [0, 0.05) is 13.1 Å². The lowest BCUT2D eigenvalue weighted by molar-refractivity contribution is 0.0508. The minimum absolute atomic E-state index is 0.710. The number of hydrogen-bond donors (Lipinski definition) is 2. The lowest BCUT2D eigenvalue weighted by Crippen LogP contribution is -2.25. The van der Waals surface area contributed by atoms with E-state index in [0.29, 0.717) is 13.2 Å². The van der Waals surface area contributed by atoms with Crippen LogP contribution in [0.25, 0.3) is 0 Å². The average molecular weight is 188 g/mol. The van der Waals surface area contributed by atoms with Gasteiger partial charge in [-0.25, -0.2) is 0 Å². The lowest BCUT2D eigenvalue weighted by Gasteiger charge is -2.04. The zero-order valence-electron chi connectivity index (χ0n) is 8.18. The first-order chi connectivity index (χ1) is 6.50. The molecule has 4 nitrogen and oxygen atoms in total. The van der Waals surface area contributed by atoms with E-state index in [1.54, 1.807) is 0 Å². The zero-order valence-corrected chi connectivity index (χ0v) is 8.18. The van der Waals surface area contributed by atoms with E-state index in [1.165, 1.54) is 6.42 Å². The summed E-state index contributed by atoms with van der Waals surface area (Å²) in [6.07, 6.45) is 1.17. The maximum atomic E-state index is 5.34. The van der Waals surface area contributed by atoms with Gasteiger partial charge in [0.2, 0.25) is 0 Å². The van der Waals surface area contributed by atoms with Gasteiger partial charge >= 0.3 is 0 Å². The molecule has 0 aliphatic carbocycles. The molecule has 2 N–H and O–H groups in total. The molecule has 0 saturated carbocycles. The molecule has 1 heterocycles. The summed E-state index contributed by atoms with van der Waals surface area (Å²) in [5.74, 6) is 0. The predicted octanol–water partition coefficient (Wildman–Crippen LogP) is -0.397. The van der Waals surface area contributed by atoms with Crippen molar-refractivity contribution in [1.82, 2.24) is 10.6 Å². The highest BCUT2D eigenvalue weighted by Crippen LogP contribution is 1.81. The van der Waals surface area contributed by atoms with Crippen LogP contribution in [0, 0.1) is 0 Å². The molecule has 1 fully saturated rings. The van der Waals surface area contributed by atoms with Crippen LogP contribution in [0.4, 0.5) is 0 Å². The predicted molar refractivity (Wildman–Crippen MR) is 52.0 cm³/mol. The Morgan fingerprint density at radius 1 is 0.615 bits per heavy atom. The maximum Gasteiger partial charge on any atom is 0.0701 e. The second kappa shape index (κ2) is 8.44. The molecule has 0 spiro atoms. The molecular weight excluding hydrogens is 168 g/mol. The molecule has 0 aromatic rings. The topological polar surface area (TPSA) is 42.5 Å². The monoisotopic (exact) mass is 188 g/mol. The van der Waals surface area contributed by atoms with Crippen molar-refractivity contribution >= 4 is 0 Å². The van der Waals surface area contributed by atoms with Gasteiger partial charge in [-0.2, -0.15) is 0 Å². The average Bonchev–Trinajstić information content (AvgIpc) is 2.18. The third-order valence-corrected chi connectivity index (χ3v) is 1.93. The van der Waals surface area contributed by atoms with Gasteiger partial charge in [-0.05, 0) is 19.5 Å². The third-order valence-electron chi connectivity index (χ3n) is 1.93. The molecule has 78 valence electrons. The van der Waals surface area contributed by atoms with E-state index in [2.05, 4.69) is 10.6 Å². The molecule has 1 aliphatic rings. The molecule has 0 bridgehead atoms. The Balaban J connectivity index is 2.01. The van der Waals surface area contributed by atoms with Gasteiger partial charge in [0.25, 0.3) is 0 Å². The first-order valence-electron chi connectivity index (χ1n) is 5.07. The SMILES string of the molecule is C1CNCCOCCOCCNC1. The molecule has 1 aliphatic heterocycles. The zero-order chi connectivity index (χ0) is 9.19. The van der Waals surface area contributed by atoms with Crippen LogP contribution >= 0.6 is 0 Å². The molecule has 13 heavy (non-hydrogen) atoms. The van der Waals surface area contributed by atoms with E-state index in [0.717, 1.165) is 39.4 Å². The summed E-state index contributed by atoms with van der Waals surface area (Å²) in [6.45, 7) is 7.02. The number of hydrogen-bond acceptors (Lipinski definition) is 4. The second-order valence-corrected chi connectivity index (χ2v) is 3.08. The van der Waals surface area contributed by atoms with E-state index in [4.69, 9.17) is 9.47 Å². The van der Waals surface area contributed by atoms with Gasteiger partial charge in [0.1, 0.15) is 0 Å². The van der Waals surface area contributed by atoms with Crippen LogP contribution in [0.3, 0.4) is 0 Å². The number of ether oxygens (including phenoxy) is 2. The highest BCUT2D eigenvalue weighted by molar-refractivity contribution is 4.52. The van der Waals surface area contributed by atoms with Crippen molar-refractivity contribution in [3.63, 3.8) is 0 Å². The van der Waals surface area contributed by atoms with Crippen molar-refractivity contribution in [2.75, 3.05) is 52.6 Å². The van der Waals surface area contributed by atoms with Crippen molar-refractivity contribution in [2.45, 2.75) is 6.42 Å². The summed E-state index contributed by atoms with van der Waals surface area (Å²) < 4.78 is 10.7. The Bertz CT molecular complexity index is 63.7. The largest absolute Gasteiger partial charge is 0.378 e. The molecule has 0 aromatic carbocycles. The summed E-state index contributed by atoms with van der Waals surface area (Å²) in [7, 11) is 0. The lowest BCUT2D eigenvalue weighted by atomic mass is 10.4. The minimum atomic E-state index is 0.710. The van der Waals surface area contributed by atoms with Gasteiger partial charge in [0.05, 0.1) is 26.4 Å². The van der Waals surface area contributed by atoms with Crippen LogP contribution in [0.5, 0.6) is 0 Å². The normalized spacial score (nSPS) is 24.0. The van der Waals surface area contributed by atoms with Crippen molar-refractivity contribution in [1.29, 1.82) is 0 Å². The fraction of sp³-hybridized carbons (Fsp3) is 1.00. The van der Waals surface area contributed by atoms with E-state index >= 15 is 0 Å². The summed E-state index contributed by atoms with van der Waals surface area (Å²) in [5.41, 5.74) is 0. The van der Waals surface area contributed by atoms with Gasteiger partial charge in [-0.15, -0.1) is 0 Å². The summed E-state index contributed by atoms with van der Waals surface area (Å²) in [4.78, 5) is 0. The fourth-order valence-corrected chi connectivity index (χ4v) is 1.20. The van der Waals surface area contributed by atoms with Crippen LogP contribution in [0.15, 0.2) is 0 Å². The van der Waals surface area contributed by atoms with Crippen LogP contribution in [-0.4, -0.2) is 52.6 Å². The molecule has 1 saturated heterocycles. The van der Waals surface area contributed by atoms with Crippen molar-refractivity contribution in [2.24, 2.45) is 0 Å². The number of nitrogens with one attached hydrogen (secondary N) is 2. The Kier molecular flexibility index (Phi) is 7.09. The first kappa shape index (κ1) is 10.9. The van der Waals surface area contributed by atoms with Crippen LogP contribution < -0.4 is 10.6 Å².